The van der Waals surface area contributed by atoms with Crippen LogP contribution in [-0.4, -0.2) is 25.8 Å². The molecule has 0 spiro atoms. The molecule has 3 nitrogen and oxygen atoms in total. The summed E-state index contributed by atoms with van der Waals surface area (Å²) in [6, 6.07) is 3.50. The van der Waals surface area contributed by atoms with E-state index in [1.165, 1.54) is 4.90 Å². The van der Waals surface area contributed by atoms with Crippen LogP contribution in [0.4, 0.5) is 5.69 Å². The zero-order valence-corrected chi connectivity index (χ0v) is 11.1. The molecule has 0 radical (unpaired) electrons. The maximum atomic E-state index is 11.6. The van der Waals surface area contributed by atoms with Gasteiger partial charge in [0, 0.05) is 12.1 Å². The molecule has 0 saturated carbocycles. The van der Waals surface area contributed by atoms with E-state index in [4.69, 9.17) is 16.3 Å². The maximum Gasteiger partial charge on any atom is 0.236 e. The minimum Gasteiger partial charge on any atom is -0.494 e. The Hall–Kier alpha value is -0.870. The van der Waals surface area contributed by atoms with E-state index in [1.54, 1.807) is 26.3 Å². The zero-order valence-electron chi connectivity index (χ0n) is 9.45. The van der Waals surface area contributed by atoms with E-state index < -0.39 is 0 Å². The van der Waals surface area contributed by atoms with Gasteiger partial charge in [-0.25, -0.2) is 0 Å². The van der Waals surface area contributed by atoms with Crippen molar-refractivity contribution in [2.75, 3.05) is 24.8 Å². The smallest absolute Gasteiger partial charge is 0.236 e. The molecule has 1 amide bonds. The summed E-state index contributed by atoms with van der Waals surface area (Å²) in [5.74, 6) is 0.691. The van der Waals surface area contributed by atoms with Crippen LogP contribution in [0.1, 0.15) is 5.56 Å². The van der Waals surface area contributed by atoms with Crippen LogP contribution < -0.4 is 9.64 Å². The highest BCUT2D eigenvalue weighted by molar-refractivity contribution is 7.81. The third-order valence-electron chi connectivity index (χ3n) is 2.29. The van der Waals surface area contributed by atoms with Gasteiger partial charge in [-0.3, -0.25) is 4.79 Å². The number of thiol groups is 1. The van der Waals surface area contributed by atoms with Gasteiger partial charge in [0.05, 0.1) is 18.6 Å². The molecule has 0 aliphatic rings. The predicted octanol–water partition coefficient (Wildman–Crippen LogP) is 2.55. The SMILES string of the molecule is COc1c(C)cc(Cl)cc1N(C)C(=O)CS. The average Bonchev–Trinajstić information content (AvgIpc) is 2.26. The van der Waals surface area contributed by atoms with Crippen molar-refractivity contribution < 1.29 is 9.53 Å². The van der Waals surface area contributed by atoms with Crippen LogP contribution in [0, 0.1) is 6.92 Å². The molecule has 0 saturated heterocycles. The summed E-state index contributed by atoms with van der Waals surface area (Å²) in [4.78, 5) is 13.0. The monoisotopic (exact) mass is 259 g/mol. The Kier molecular flexibility index (Phi) is 4.50. The minimum absolute atomic E-state index is 0.108. The lowest BCUT2D eigenvalue weighted by Crippen LogP contribution is -2.27. The van der Waals surface area contributed by atoms with Crippen molar-refractivity contribution in [3.63, 3.8) is 0 Å². The summed E-state index contributed by atoms with van der Waals surface area (Å²) in [6.07, 6.45) is 0. The number of hydrogen-bond acceptors (Lipinski definition) is 3. The second-order valence-electron chi connectivity index (χ2n) is 3.39. The van der Waals surface area contributed by atoms with Gasteiger partial charge in [-0.15, -0.1) is 0 Å². The van der Waals surface area contributed by atoms with Crippen LogP contribution in [0.25, 0.3) is 0 Å². The first-order valence-electron chi connectivity index (χ1n) is 4.72. The molecule has 88 valence electrons. The summed E-state index contributed by atoms with van der Waals surface area (Å²) in [6.45, 7) is 1.88. The molecule has 0 aromatic heterocycles. The van der Waals surface area contributed by atoms with Gasteiger partial charge in [0.25, 0.3) is 0 Å². The first-order chi connectivity index (χ1) is 7.51. The standard InChI is InChI=1S/C11H14ClNO2S/c1-7-4-8(12)5-9(11(7)15-3)13(2)10(14)6-16/h4-5,16H,6H2,1-3H3. The van der Waals surface area contributed by atoms with Crippen molar-refractivity contribution in [2.45, 2.75) is 6.92 Å². The van der Waals surface area contributed by atoms with Crippen molar-refractivity contribution in [1.29, 1.82) is 0 Å². The largest absolute Gasteiger partial charge is 0.494 e. The summed E-state index contributed by atoms with van der Waals surface area (Å²) < 4.78 is 5.27. The van der Waals surface area contributed by atoms with E-state index >= 15 is 0 Å². The van der Waals surface area contributed by atoms with E-state index in [0.29, 0.717) is 16.5 Å². The van der Waals surface area contributed by atoms with Crippen LogP contribution in [0.2, 0.25) is 5.02 Å². The van der Waals surface area contributed by atoms with Gasteiger partial charge in [0.1, 0.15) is 5.75 Å². The molecule has 16 heavy (non-hydrogen) atoms. The highest BCUT2D eigenvalue weighted by Crippen LogP contribution is 2.34. The first kappa shape index (κ1) is 13.2. The molecule has 0 atom stereocenters. The number of aryl methyl sites for hydroxylation is 1. The van der Waals surface area contributed by atoms with Gasteiger partial charge in [0.2, 0.25) is 5.91 Å². The fourth-order valence-electron chi connectivity index (χ4n) is 1.47. The number of carbonyl (C=O) groups excluding carboxylic acids is 1. The molecular formula is C11H14ClNO2S. The number of halogens is 1. The van der Waals surface area contributed by atoms with Crippen LogP contribution in [0.3, 0.4) is 0 Å². The van der Waals surface area contributed by atoms with Crippen molar-refractivity contribution in [3.05, 3.63) is 22.7 Å². The topological polar surface area (TPSA) is 29.5 Å². The van der Waals surface area contributed by atoms with Crippen molar-refractivity contribution in [3.8, 4) is 5.75 Å². The molecule has 0 N–H and O–H groups in total. The number of methoxy groups -OCH3 is 1. The van der Waals surface area contributed by atoms with Gasteiger partial charge in [0.15, 0.2) is 0 Å². The van der Waals surface area contributed by atoms with E-state index in [-0.39, 0.29) is 11.7 Å². The Balaban J connectivity index is 3.25. The van der Waals surface area contributed by atoms with Crippen molar-refractivity contribution in [2.24, 2.45) is 0 Å². The van der Waals surface area contributed by atoms with Gasteiger partial charge < -0.3 is 9.64 Å². The van der Waals surface area contributed by atoms with E-state index in [2.05, 4.69) is 12.6 Å². The average molecular weight is 260 g/mol. The lowest BCUT2D eigenvalue weighted by Gasteiger charge is -2.20. The predicted molar refractivity (Wildman–Crippen MR) is 70.0 cm³/mol. The fraction of sp³-hybridized carbons (Fsp3) is 0.364. The lowest BCUT2D eigenvalue weighted by molar-refractivity contribution is -0.115. The Morgan fingerprint density at radius 1 is 1.56 bits per heavy atom. The number of rotatable bonds is 3. The van der Waals surface area contributed by atoms with E-state index in [0.717, 1.165) is 5.56 Å². The van der Waals surface area contributed by atoms with Crippen LogP contribution >= 0.6 is 24.2 Å². The van der Waals surface area contributed by atoms with Gasteiger partial charge >= 0.3 is 0 Å². The third-order valence-corrected chi connectivity index (χ3v) is 2.78. The summed E-state index contributed by atoms with van der Waals surface area (Å²) in [5.41, 5.74) is 1.55. The minimum atomic E-state index is -0.108. The molecule has 5 heteroatoms. The molecule has 0 aliphatic carbocycles. The Morgan fingerprint density at radius 3 is 2.69 bits per heavy atom. The second-order valence-corrected chi connectivity index (χ2v) is 4.14. The molecule has 1 aromatic rings. The third kappa shape index (κ3) is 2.62. The van der Waals surface area contributed by atoms with E-state index in [9.17, 15) is 4.79 Å². The number of ether oxygens (including phenoxy) is 1. The number of amides is 1. The quantitative estimate of drug-likeness (QED) is 0.846. The lowest BCUT2D eigenvalue weighted by atomic mass is 10.2. The molecular weight excluding hydrogens is 246 g/mol. The second kappa shape index (κ2) is 5.46. The normalized spacial score (nSPS) is 10.1. The highest BCUT2D eigenvalue weighted by Gasteiger charge is 2.16. The van der Waals surface area contributed by atoms with Gasteiger partial charge in [-0.1, -0.05) is 11.6 Å². The molecule has 1 rings (SSSR count). The number of nitrogens with zero attached hydrogens (tertiary/aromatic N) is 1. The van der Waals surface area contributed by atoms with Crippen molar-refractivity contribution >= 4 is 35.8 Å². The first-order valence-corrected chi connectivity index (χ1v) is 5.73. The van der Waals surface area contributed by atoms with Crippen LogP contribution in [-0.2, 0) is 4.79 Å². The Labute approximate surface area is 106 Å². The Bertz CT molecular complexity index is 409. The summed E-state index contributed by atoms with van der Waals surface area (Å²) in [7, 11) is 3.24. The van der Waals surface area contributed by atoms with Crippen molar-refractivity contribution in [1.82, 2.24) is 0 Å². The number of benzene rings is 1. The molecule has 0 heterocycles. The molecule has 1 aromatic carbocycles. The maximum absolute atomic E-state index is 11.6. The van der Waals surface area contributed by atoms with Gasteiger partial charge in [-0.2, -0.15) is 12.6 Å². The van der Waals surface area contributed by atoms with Gasteiger partial charge in [-0.05, 0) is 24.6 Å². The highest BCUT2D eigenvalue weighted by atomic mass is 35.5. The number of hydrogen-bond donors (Lipinski definition) is 1. The summed E-state index contributed by atoms with van der Waals surface area (Å²) >= 11 is 9.91. The Morgan fingerprint density at radius 2 is 2.19 bits per heavy atom. The van der Waals surface area contributed by atoms with Crippen LogP contribution in [0.15, 0.2) is 12.1 Å². The van der Waals surface area contributed by atoms with E-state index in [1.807, 2.05) is 6.92 Å². The van der Waals surface area contributed by atoms with Crippen LogP contribution in [0.5, 0.6) is 5.75 Å². The molecule has 0 fully saturated rings. The molecule has 0 aliphatic heterocycles. The zero-order chi connectivity index (χ0) is 12.3. The fourth-order valence-corrected chi connectivity index (χ4v) is 1.95. The summed E-state index contributed by atoms with van der Waals surface area (Å²) in [5, 5.41) is 0.576. The molecule has 0 unspecified atom stereocenters. The number of carbonyl (C=O) groups is 1. The number of anilines is 1. The molecule has 0 bridgehead atoms.